The molecule has 17 heavy (non-hydrogen) atoms. The molecule has 0 aliphatic carbocycles. The van der Waals surface area contributed by atoms with E-state index in [2.05, 4.69) is 4.52 Å². The largest absolute Gasteiger partial charge is 0.451 e. The average Bonchev–Trinajstić information content (AvgIpc) is 2.27. The van der Waals surface area contributed by atoms with Crippen molar-refractivity contribution in [2.45, 2.75) is 45.3 Å². The minimum atomic E-state index is -1.02. The van der Waals surface area contributed by atoms with E-state index in [1.165, 1.54) is 13.8 Å². The smallest absolute Gasteiger partial charge is 0.349 e. The number of carbonyl (C=O) groups is 3. The minimum Gasteiger partial charge on any atom is -0.451 e. The van der Waals surface area contributed by atoms with E-state index in [-0.39, 0.29) is 25.0 Å². The van der Waals surface area contributed by atoms with Crippen molar-refractivity contribution in [2.24, 2.45) is 0 Å². The van der Waals surface area contributed by atoms with Crippen molar-refractivity contribution in [3.05, 3.63) is 0 Å². The molecule has 0 saturated heterocycles. The molecule has 0 aromatic carbocycles. The summed E-state index contributed by atoms with van der Waals surface area (Å²) in [6.45, 7) is 2.77. The summed E-state index contributed by atoms with van der Waals surface area (Å²) in [6.07, 6.45) is -1.57. The van der Waals surface area contributed by atoms with Crippen LogP contribution in [-0.2, 0) is 23.6 Å². The first-order chi connectivity index (χ1) is 7.88. The number of ketones is 1. The average molecular weight is 264 g/mol. The standard InChI is InChI=1S/C10H17O6P/c1-6(11)8(12)4-3-5-9(13)15-7(2)10(14)16-17/h6-7,11H,3-5,17H2,1-2H3/t6-,7-/m0/s1. The van der Waals surface area contributed by atoms with Crippen molar-refractivity contribution in [1.82, 2.24) is 0 Å². The van der Waals surface area contributed by atoms with Crippen LogP contribution in [0.15, 0.2) is 0 Å². The Bertz CT molecular complexity index is 289. The molecule has 0 aromatic rings. The molecule has 6 nitrogen and oxygen atoms in total. The fraction of sp³-hybridized carbons (Fsp3) is 0.700. The van der Waals surface area contributed by atoms with Gasteiger partial charge in [-0.3, -0.25) is 9.59 Å². The third-order valence-electron chi connectivity index (χ3n) is 2.03. The first kappa shape index (κ1) is 16.0. The zero-order chi connectivity index (χ0) is 13.4. The molecule has 0 heterocycles. The van der Waals surface area contributed by atoms with Crippen LogP contribution in [-0.4, -0.2) is 35.0 Å². The zero-order valence-electron chi connectivity index (χ0n) is 9.84. The van der Waals surface area contributed by atoms with Gasteiger partial charge in [-0.2, -0.15) is 0 Å². The molecular weight excluding hydrogens is 247 g/mol. The molecule has 7 heteroatoms. The highest BCUT2D eigenvalue weighted by molar-refractivity contribution is 7.10. The monoisotopic (exact) mass is 264 g/mol. The quantitative estimate of drug-likeness (QED) is 0.528. The van der Waals surface area contributed by atoms with Gasteiger partial charge < -0.3 is 14.4 Å². The Hall–Kier alpha value is -1.000. The highest BCUT2D eigenvalue weighted by atomic mass is 31.0. The minimum absolute atomic E-state index is 0.0208. The van der Waals surface area contributed by atoms with Gasteiger partial charge in [-0.1, -0.05) is 0 Å². The van der Waals surface area contributed by atoms with E-state index >= 15 is 0 Å². The fourth-order valence-corrected chi connectivity index (χ4v) is 1.21. The van der Waals surface area contributed by atoms with Crippen LogP contribution in [0.5, 0.6) is 0 Å². The van der Waals surface area contributed by atoms with E-state index in [0.717, 1.165) is 0 Å². The van der Waals surface area contributed by atoms with Gasteiger partial charge in [0.15, 0.2) is 11.9 Å². The van der Waals surface area contributed by atoms with Crippen LogP contribution >= 0.6 is 9.47 Å². The second kappa shape index (κ2) is 8.14. The van der Waals surface area contributed by atoms with Crippen molar-refractivity contribution < 1.29 is 28.8 Å². The summed E-state index contributed by atoms with van der Waals surface area (Å²) in [5, 5.41) is 8.91. The van der Waals surface area contributed by atoms with Gasteiger partial charge in [0.25, 0.3) is 0 Å². The second-order valence-corrected chi connectivity index (χ2v) is 3.80. The van der Waals surface area contributed by atoms with E-state index in [1.54, 1.807) is 9.47 Å². The third-order valence-corrected chi connectivity index (χ3v) is 2.26. The number of carbonyl (C=O) groups excluding carboxylic acids is 3. The topological polar surface area (TPSA) is 89.9 Å². The molecule has 0 aliphatic rings. The number of hydrogen-bond acceptors (Lipinski definition) is 6. The lowest BCUT2D eigenvalue weighted by molar-refractivity contribution is -0.160. The molecule has 0 bridgehead atoms. The van der Waals surface area contributed by atoms with Gasteiger partial charge in [0.2, 0.25) is 0 Å². The number of Topliss-reactive ketones (excluding diaryl/α,β-unsaturated/α-hetero) is 1. The Kier molecular flexibility index (Phi) is 7.66. The van der Waals surface area contributed by atoms with E-state index in [1.807, 2.05) is 0 Å². The summed E-state index contributed by atoms with van der Waals surface area (Å²) in [5.41, 5.74) is 0. The van der Waals surface area contributed by atoms with Crippen molar-refractivity contribution in [2.75, 3.05) is 0 Å². The van der Waals surface area contributed by atoms with Gasteiger partial charge >= 0.3 is 11.9 Å². The first-order valence-electron chi connectivity index (χ1n) is 5.19. The Morgan fingerprint density at radius 1 is 1.24 bits per heavy atom. The molecule has 0 aliphatic heterocycles. The Morgan fingerprint density at radius 2 is 1.82 bits per heavy atom. The van der Waals surface area contributed by atoms with Crippen molar-refractivity contribution in [3.63, 3.8) is 0 Å². The van der Waals surface area contributed by atoms with Crippen LogP contribution in [0.25, 0.3) is 0 Å². The van der Waals surface area contributed by atoms with Crippen LogP contribution in [0.2, 0.25) is 0 Å². The van der Waals surface area contributed by atoms with Crippen LogP contribution < -0.4 is 0 Å². The predicted molar refractivity (Wildman–Crippen MR) is 61.9 cm³/mol. The number of esters is 1. The van der Waals surface area contributed by atoms with Crippen LogP contribution in [0, 0.1) is 0 Å². The van der Waals surface area contributed by atoms with Crippen molar-refractivity contribution >= 4 is 27.2 Å². The molecule has 98 valence electrons. The van der Waals surface area contributed by atoms with Gasteiger partial charge in [-0.25, -0.2) is 4.79 Å². The molecule has 0 rings (SSSR count). The van der Waals surface area contributed by atoms with E-state index in [9.17, 15) is 14.4 Å². The first-order valence-corrected chi connectivity index (χ1v) is 5.66. The highest BCUT2D eigenvalue weighted by Gasteiger charge is 2.18. The molecule has 0 aromatic heterocycles. The zero-order valence-corrected chi connectivity index (χ0v) is 11.0. The van der Waals surface area contributed by atoms with Gasteiger partial charge in [0, 0.05) is 12.8 Å². The second-order valence-electron chi connectivity index (χ2n) is 3.56. The van der Waals surface area contributed by atoms with Gasteiger partial charge in [-0.15, -0.1) is 0 Å². The lowest BCUT2D eigenvalue weighted by Crippen LogP contribution is -2.24. The molecule has 0 radical (unpaired) electrons. The Balaban J connectivity index is 3.81. The number of hydrogen-bond donors (Lipinski definition) is 1. The Morgan fingerprint density at radius 3 is 2.29 bits per heavy atom. The SMILES string of the molecule is C[C@H](O)C(=O)CCCC(=O)O[C@@H](C)C(=O)OP. The summed E-state index contributed by atoms with van der Waals surface area (Å²) in [4.78, 5) is 33.1. The molecule has 0 fully saturated rings. The van der Waals surface area contributed by atoms with E-state index in [4.69, 9.17) is 9.84 Å². The number of aliphatic hydroxyl groups is 1. The highest BCUT2D eigenvalue weighted by Crippen LogP contribution is 2.05. The lowest BCUT2D eigenvalue weighted by atomic mass is 10.1. The molecular formula is C10H17O6P. The molecule has 3 atom stereocenters. The van der Waals surface area contributed by atoms with Crippen LogP contribution in [0.4, 0.5) is 0 Å². The van der Waals surface area contributed by atoms with E-state index < -0.39 is 24.1 Å². The van der Waals surface area contributed by atoms with Crippen molar-refractivity contribution in [3.8, 4) is 0 Å². The van der Waals surface area contributed by atoms with Gasteiger partial charge in [0.05, 0.1) is 9.47 Å². The Labute approximate surface area is 102 Å². The molecule has 1 unspecified atom stereocenters. The number of ether oxygens (including phenoxy) is 1. The lowest BCUT2D eigenvalue weighted by Gasteiger charge is -2.10. The summed E-state index contributed by atoms with van der Waals surface area (Å²) in [6, 6.07) is 0. The summed E-state index contributed by atoms with van der Waals surface area (Å²) >= 11 is 0. The van der Waals surface area contributed by atoms with E-state index in [0.29, 0.717) is 0 Å². The van der Waals surface area contributed by atoms with Crippen LogP contribution in [0.3, 0.4) is 0 Å². The molecule has 0 saturated carbocycles. The maximum absolute atomic E-state index is 11.2. The summed E-state index contributed by atoms with van der Waals surface area (Å²) < 4.78 is 9.05. The molecule has 1 N–H and O–H groups in total. The third kappa shape index (κ3) is 7.02. The number of rotatable bonds is 7. The summed E-state index contributed by atoms with van der Waals surface area (Å²) in [7, 11) is 1.77. The number of aliphatic hydroxyl groups excluding tert-OH is 1. The van der Waals surface area contributed by atoms with Crippen molar-refractivity contribution in [1.29, 1.82) is 0 Å². The maximum atomic E-state index is 11.2. The maximum Gasteiger partial charge on any atom is 0.349 e. The molecule has 0 amide bonds. The molecule has 0 spiro atoms. The summed E-state index contributed by atoms with van der Waals surface area (Å²) in [5.74, 6) is -1.56. The van der Waals surface area contributed by atoms with Crippen LogP contribution in [0.1, 0.15) is 33.1 Å². The van der Waals surface area contributed by atoms with Gasteiger partial charge in [-0.05, 0) is 20.3 Å². The normalized spacial score (nSPS) is 13.6. The van der Waals surface area contributed by atoms with Gasteiger partial charge in [0.1, 0.15) is 6.10 Å². The fourth-order valence-electron chi connectivity index (χ4n) is 1.02. The predicted octanol–water partition coefficient (Wildman–Crippen LogP) is 0.372.